The third-order valence-electron chi connectivity index (χ3n) is 4.18. The van der Waals surface area contributed by atoms with E-state index in [4.69, 9.17) is 11.6 Å². The number of para-hydroxylation sites is 1. The van der Waals surface area contributed by atoms with Crippen LogP contribution in [0.15, 0.2) is 76.9 Å². The molecule has 1 fully saturated rings. The molecule has 0 unspecified atom stereocenters. The lowest BCUT2D eigenvalue weighted by atomic mass is 10.2. The number of hydrogen-bond acceptors (Lipinski definition) is 3. The van der Waals surface area contributed by atoms with E-state index in [0.717, 1.165) is 22.5 Å². The molecule has 0 bridgehead atoms. The summed E-state index contributed by atoms with van der Waals surface area (Å²) in [6.45, 7) is 1.91. The highest BCUT2D eigenvalue weighted by atomic mass is 35.5. The van der Waals surface area contributed by atoms with Gasteiger partial charge in [0.15, 0.2) is 5.17 Å². The number of aromatic nitrogens is 1. The lowest BCUT2D eigenvalue weighted by molar-refractivity contribution is -0.115. The van der Waals surface area contributed by atoms with Crippen LogP contribution < -0.4 is 5.32 Å². The number of nitrogens with zero attached hydrogens (tertiary/aromatic N) is 2. The zero-order chi connectivity index (χ0) is 18.8. The summed E-state index contributed by atoms with van der Waals surface area (Å²) in [5.74, 6) is -0.147. The maximum absolute atomic E-state index is 12.3. The maximum Gasteiger partial charge on any atom is 0.264 e. The molecule has 4 nitrogen and oxygen atoms in total. The second-order valence-electron chi connectivity index (χ2n) is 6.05. The molecule has 27 heavy (non-hydrogen) atoms. The van der Waals surface area contributed by atoms with Crippen LogP contribution in [0.25, 0.3) is 11.8 Å². The predicted octanol–water partition coefficient (Wildman–Crippen LogP) is 5.33. The van der Waals surface area contributed by atoms with Gasteiger partial charge in [0.25, 0.3) is 5.91 Å². The van der Waals surface area contributed by atoms with Gasteiger partial charge in [-0.15, -0.1) is 0 Å². The Morgan fingerprint density at radius 2 is 1.93 bits per heavy atom. The summed E-state index contributed by atoms with van der Waals surface area (Å²) in [6, 6.07) is 17.6. The molecule has 2 aromatic carbocycles. The number of benzene rings is 2. The summed E-state index contributed by atoms with van der Waals surface area (Å²) in [4.78, 5) is 17.4. The number of rotatable bonds is 3. The molecule has 1 amide bonds. The molecular weight excluding hydrogens is 378 g/mol. The summed E-state index contributed by atoms with van der Waals surface area (Å²) < 4.78 is 2.02. The number of thioether (sulfide) groups is 1. The van der Waals surface area contributed by atoms with E-state index in [1.807, 2.05) is 84.6 Å². The molecule has 0 radical (unpaired) electrons. The summed E-state index contributed by atoms with van der Waals surface area (Å²) in [6.07, 6.45) is 5.84. The number of amidine groups is 1. The van der Waals surface area contributed by atoms with E-state index in [-0.39, 0.29) is 5.91 Å². The highest BCUT2D eigenvalue weighted by Gasteiger charge is 2.24. The molecule has 1 aliphatic rings. The third-order valence-corrected chi connectivity index (χ3v) is 5.50. The van der Waals surface area contributed by atoms with Crippen LogP contribution in [-0.2, 0) is 4.79 Å². The minimum Gasteiger partial charge on any atom is -0.323 e. The van der Waals surface area contributed by atoms with Crippen molar-refractivity contribution < 1.29 is 4.79 Å². The number of carbonyl (C=O) groups excluding carboxylic acids is 1. The minimum absolute atomic E-state index is 0.147. The second-order valence-corrected chi connectivity index (χ2v) is 7.49. The number of carbonyl (C=O) groups is 1. The van der Waals surface area contributed by atoms with Crippen molar-refractivity contribution in [2.75, 3.05) is 0 Å². The standard InChI is InChI=1S/C21H16ClN3OS/c1-14-17(22)8-5-9-18(14)23-21-24-20(26)19(27-21)12-15-10-11-25(13-15)16-6-3-2-4-7-16/h2-13H,1H3,(H,23,24,26)/b19-12+. The van der Waals surface area contributed by atoms with Crippen molar-refractivity contribution in [3.63, 3.8) is 0 Å². The van der Waals surface area contributed by atoms with Gasteiger partial charge in [0.1, 0.15) is 0 Å². The van der Waals surface area contributed by atoms with Crippen molar-refractivity contribution in [3.05, 3.63) is 88.0 Å². The fourth-order valence-corrected chi connectivity index (χ4v) is 3.72. The van der Waals surface area contributed by atoms with Crippen molar-refractivity contribution >= 4 is 46.2 Å². The Kier molecular flexibility index (Phi) is 4.88. The fraction of sp³-hybridized carbons (Fsp3) is 0.0476. The molecule has 1 aliphatic heterocycles. The van der Waals surface area contributed by atoms with Crippen molar-refractivity contribution in [3.8, 4) is 5.69 Å². The average molecular weight is 394 g/mol. The van der Waals surface area contributed by atoms with Gasteiger partial charge in [0.05, 0.1) is 10.6 Å². The van der Waals surface area contributed by atoms with Crippen LogP contribution in [-0.4, -0.2) is 15.6 Å². The summed E-state index contributed by atoms with van der Waals surface area (Å²) >= 11 is 7.47. The van der Waals surface area contributed by atoms with E-state index in [1.165, 1.54) is 11.8 Å². The van der Waals surface area contributed by atoms with Crippen LogP contribution in [0.1, 0.15) is 11.1 Å². The Balaban J connectivity index is 1.57. The molecule has 1 aromatic heterocycles. The third kappa shape index (κ3) is 3.84. The van der Waals surface area contributed by atoms with Gasteiger partial charge in [-0.25, -0.2) is 4.99 Å². The van der Waals surface area contributed by atoms with Crippen LogP contribution in [0, 0.1) is 6.92 Å². The van der Waals surface area contributed by atoms with Gasteiger partial charge in [0.2, 0.25) is 0 Å². The first kappa shape index (κ1) is 17.6. The average Bonchev–Trinajstić information content (AvgIpc) is 3.27. The molecule has 3 aromatic rings. The lowest BCUT2D eigenvalue weighted by Crippen LogP contribution is -2.19. The minimum atomic E-state index is -0.147. The van der Waals surface area contributed by atoms with E-state index < -0.39 is 0 Å². The van der Waals surface area contributed by atoms with Gasteiger partial charge >= 0.3 is 0 Å². The quantitative estimate of drug-likeness (QED) is 0.611. The van der Waals surface area contributed by atoms with E-state index in [2.05, 4.69) is 10.3 Å². The smallest absolute Gasteiger partial charge is 0.264 e. The number of halogens is 1. The number of amides is 1. The molecule has 2 heterocycles. The first-order valence-electron chi connectivity index (χ1n) is 8.38. The van der Waals surface area contributed by atoms with Crippen molar-refractivity contribution in [2.45, 2.75) is 6.92 Å². The van der Waals surface area contributed by atoms with Crippen molar-refractivity contribution in [1.29, 1.82) is 0 Å². The summed E-state index contributed by atoms with van der Waals surface area (Å²) in [5, 5.41) is 4.03. The zero-order valence-electron chi connectivity index (χ0n) is 14.5. The van der Waals surface area contributed by atoms with E-state index in [0.29, 0.717) is 15.1 Å². The van der Waals surface area contributed by atoms with E-state index in [9.17, 15) is 4.79 Å². The van der Waals surface area contributed by atoms with Gasteiger partial charge in [-0.3, -0.25) is 4.79 Å². The van der Waals surface area contributed by atoms with E-state index >= 15 is 0 Å². The van der Waals surface area contributed by atoms with Crippen molar-refractivity contribution in [1.82, 2.24) is 9.88 Å². The molecule has 0 spiro atoms. The first-order chi connectivity index (χ1) is 13.1. The van der Waals surface area contributed by atoms with Gasteiger partial charge in [-0.1, -0.05) is 35.9 Å². The maximum atomic E-state index is 12.3. The fourth-order valence-electron chi connectivity index (χ4n) is 2.72. The SMILES string of the molecule is Cc1c(Cl)cccc1N=C1NC(=O)/C(=C\c2ccn(-c3ccccc3)c2)S1. The number of aliphatic imine (C=N–C) groups is 1. The normalized spacial score (nSPS) is 16.9. The van der Waals surface area contributed by atoms with Crippen LogP contribution in [0.4, 0.5) is 5.69 Å². The first-order valence-corrected chi connectivity index (χ1v) is 9.58. The number of hydrogen-bond donors (Lipinski definition) is 1. The lowest BCUT2D eigenvalue weighted by Gasteiger charge is -2.02. The molecule has 4 rings (SSSR count). The van der Waals surface area contributed by atoms with Crippen LogP contribution in [0.3, 0.4) is 0 Å². The Labute approximate surface area is 166 Å². The van der Waals surface area contributed by atoms with Crippen LogP contribution in [0.2, 0.25) is 5.02 Å². The van der Waals surface area contributed by atoms with Crippen LogP contribution in [0.5, 0.6) is 0 Å². The molecule has 0 saturated carbocycles. The van der Waals surface area contributed by atoms with Gasteiger partial charge in [-0.05, 0) is 66.2 Å². The molecule has 0 atom stereocenters. The van der Waals surface area contributed by atoms with Gasteiger partial charge in [0, 0.05) is 23.1 Å². The molecular formula is C21H16ClN3OS. The monoisotopic (exact) mass is 393 g/mol. The number of nitrogens with one attached hydrogen (secondary N) is 1. The van der Waals surface area contributed by atoms with Crippen molar-refractivity contribution in [2.24, 2.45) is 4.99 Å². The summed E-state index contributed by atoms with van der Waals surface area (Å²) in [5.41, 5.74) is 3.67. The second kappa shape index (κ2) is 7.47. The molecule has 134 valence electrons. The highest BCUT2D eigenvalue weighted by Crippen LogP contribution is 2.31. The van der Waals surface area contributed by atoms with Crippen LogP contribution >= 0.6 is 23.4 Å². The molecule has 0 aliphatic carbocycles. The Morgan fingerprint density at radius 3 is 2.74 bits per heavy atom. The Hall–Kier alpha value is -2.76. The Morgan fingerprint density at radius 1 is 1.11 bits per heavy atom. The zero-order valence-corrected chi connectivity index (χ0v) is 16.1. The Bertz CT molecular complexity index is 1070. The molecule has 1 N–H and O–H groups in total. The van der Waals surface area contributed by atoms with Gasteiger partial charge < -0.3 is 9.88 Å². The molecule has 6 heteroatoms. The van der Waals surface area contributed by atoms with Gasteiger partial charge in [-0.2, -0.15) is 0 Å². The topological polar surface area (TPSA) is 46.4 Å². The largest absolute Gasteiger partial charge is 0.323 e. The van der Waals surface area contributed by atoms with E-state index in [1.54, 1.807) is 0 Å². The highest BCUT2D eigenvalue weighted by molar-refractivity contribution is 8.18. The summed E-state index contributed by atoms with van der Waals surface area (Å²) in [7, 11) is 0. The predicted molar refractivity (Wildman–Crippen MR) is 113 cm³/mol. The molecule has 1 saturated heterocycles.